The lowest BCUT2D eigenvalue weighted by Gasteiger charge is -2.32. The highest BCUT2D eigenvalue weighted by molar-refractivity contribution is 5.89. The van der Waals surface area contributed by atoms with Crippen LogP contribution in [0, 0.1) is 23.0 Å². The molecule has 0 bridgehead atoms. The molecule has 3 rings (SSSR count). The fraction of sp³-hybridized carbons (Fsp3) is 0.310. The Hall–Kier alpha value is -4.00. The smallest absolute Gasteiger partial charge is 0.273 e. The Bertz CT molecular complexity index is 1190. The topological polar surface area (TPSA) is 92.6 Å². The van der Waals surface area contributed by atoms with E-state index in [1.165, 1.54) is 6.07 Å². The highest BCUT2D eigenvalue weighted by Crippen LogP contribution is 2.22. The van der Waals surface area contributed by atoms with E-state index < -0.39 is 11.0 Å². The molecule has 1 N–H and O–H groups in total. The van der Waals surface area contributed by atoms with Gasteiger partial charge in [-0.05, 0) is 24.0 Å². The van der Waals surface area contributed by atoms with Crippen LogP contribution in [0.15, 0.2) is 78.9 Å². The van der Waals surface area contributed by atoms with E-state index in [4.69, 9.17) is 0 Å². The zero-order chi connectivity index (χ0) is 26.1. The molecule has 0 fully saturated rings. The highest BCUT2D eigenvalue weighted by atomic mass is 16.6. The molecule has 36 heavy (non-hydrogen) atoms. The fourth-order valence-corrected chi connectivity index (χ4v) is 4.09. The summed E-state index contributed by atoms with van der Waals surface area (Å²) in [5.74, 6) is -0.332. The van der Waals surface area contributed by atoms with Crippen LogP contribution in [0.1, 0.15) is 36.1 Å². The van der Waals surface area contributed by atoms with Crippen molar-refractivity contribution >= 4 is 17.5 Å². The fourth-order valence-electron chi connectivity index (χ4n) is 4.09. The quantitative estimate of drug-likeness (QED) is 0.309. The third kappa shape index (κ3) is 7.50. The summed E-state index contributed by atoms with van der Waals surface area (Å²) in [5, 5.41) is 14.5. The number of benzene rings is 3. The van der Waals surface area contributed by atoms with Gasteiger partial charge in [0.2, 0.25) is 11.8 Å². The van der Waals surface area contributed by atoms with E-state index in [1.807, 2.05) is 75.4 Å². The minimum atomic E-state index is -0.776. The zero-order valence-electron chi connectivity index (χ0n) is 21.0. The number of aryl methyl sites for hydroxylation is 1. The van der Waals surface area contributed by atoms with Crippen LogP contribution >= 0.6 is 0 Å². The molecule has 0 unspecified atom stereocenters. The number of rotatable bonds is 11. The van der Waals surface area contributed by atoms with Crippen LogP contribution in [0.2, 0.25) is 0 Å². The van der Waals surface area contributed by atoms with Crippen molar-refractivity contribution in [1.82, 2.24) is 10.2 Å². The third-order valence-electron chi connectivity index (χ3n) is 5.92. The lowest BCUT2D eigenvalue weighted by Crippen LogP contribution is -2.51. The summed E-state index contributed by atoms with van der Waals surface area (Å²) in [7, 11) is 0. The molecular weight excluding hydrogens is 454 g/mol. The second kappa shape index (κ2) is 12.6. The van der Waals surface area contributed by atoms with Gasteiger partial charge in [0.15, 0.2) is 0 Å². The van der Waals surface area contributed by atoms with Crippen LogP contribution in [0.25, 0.3) is 0 Å². The molecule has 3 aromatic carbocycles. The number of nitrogens with one attached hydrogen (secondary N) is 1. The predicted octanol–water partition coefficient (Wildman–Crippen LogP) is 4.86. The first kappa shape index (κ1) is 26.6. The first-order valence-corrected chi connectivity index (χ1v) is 12.1. The van der Waals surface area contributed by atoms with Crippen molar-refractivity contribution in [3.63, 3.8) is 0 Å². The Balaban J connectivity index is 2.00. The summed E-state index contributed by atoms with van der Waals surface area (Å²) in [6, 6.07) is 22.8. The summed E-state index contributed by atoms with van der Waals surface area (Å²) in [6.45, 7) is 6.70. The van der Waals surface area contributed by atoms with Crippen LogP contribution in [0.4, 0.5) is 5.69 Å². The molecule has 0 spiro atoms. The van der Waals surface area contributed by atoms with E-state index in [-0.39, 0.29) is 36.4 Å². The average Bonchev–Trinajstić information content (AvgIpc) is 2.85. The van der Waals surface area contributed by atoms with E-state index in [9.17, 15) is 19.7 Å². The number of nitrogens with zero attached hydrogens (tertiary/aromatic N) is 2. The monoisotopic (exact) mass is 487 g/mol. The Morgan fingerprint density at radius 1 is 0.944 bits per heavy atom. The standard InChI is InChI=1S/C29H33N3O4/c1-21(2)19-30-29(34)27(17-23-11-5-4-6-12-23)31(20-24-13-9-10-22(3)16-24)28(33)18-25-14-7-8-15-26(25)32(35)36/h4-16,21,27H,17-20H2,1-3H3,(H,30,34)/t27-/m1/s1. The predicted molar refractivity (Wildman–Crippen MR) is 140 cm³/mol. The van der Waals surface area contributed by atoms with Crippen molar-refractivity contribution in [3.8, 4) is 0 Å². The maximum absolute atomic E-state index is 13.8. The number of nitro groups is 1. The number of hydrogen-bond acceptors (Lipinski definition) is 4. The SMILES string of the molecule is Cc1cccc(CN(C(=O)Cc2ccccc2[N+](=O)[O-])[C@H](Cc2ccccc2)C(=O)NCC(C)C)c1. The van der Waals surface area contributed by atoms with Gasteiger partial charge in [-0.2, -0.15) is 0 Å². The summed E-state index contributed by atoms with van der Waals surface area (Å²) in [6.07, 6.45) is 0.158. The molecule has 7 nitrogen and oxygen atoms in total. The van der Waals surface area contributed by atoms with Gasteiger partial charge in [0, 0.05) is 31.1 Å². The second-order valence-corrected chi connectivity index (χ2v) is 9.42. The molecule has 3 aromatic rings. The average molecular weight is 488 g/mol. The van der Waals surface area contributed by atoms with Crippen molar-refractivity contribution in [2.45, 2.75) is 46.2 Å². The van der Waals surface area contributed by atoms with Gasteiger partial charge in [0.05, 0.1) is 11.3 Å². The Kier molecular flexibility index (Phi) is 9.33. The summed E-state index contributed by atoms with van der Waals surface area (Å²) in [5.41, 5.74) is 3.08. The van der Waals surface area contributed by atoms with Crippen LogP contribution in [0.5, 0.6) is 0 Å². The Morgan fingerprint density at radius 2 is 1.61 bits per heavy atom. The minimum absolute atomic E-state index is 0.106. The normalized spacial score (nSPS) is 11.7. The van der Waals surface area contributed by atoms with Gasteiger partial charge in [0.25, 0.3) is 5.69 Å². The molecular formula is C29H33N3O4. The van der Waals surface area contributed by atoms with Crippen LogP contribution < -0.4 is 5.32 Å². The van der Waals surface area contributed by atoms with Gasteiger partial charge in [0.1, 0.15) is 6.04 Å². The van der Waals surface area contributed by atoms with Crippen molar-refractivity contribution < 1.29 is 14.5 Å². The van der Waals surface area contributed by atoms with Crippen molar-refractivity contribution in [3.05, 3.63) is 111 Å². The van der Waals surface area contributed by atoms with Crippen LogP contribution in [-0.2, 0) is 29.0 Å². The number of nitro benzene ring substituents is 1. The lowest BCUT2D eigenvalue weighted by atomic mass is 10.0. The highest BCUT2D eigenvalue weighted by Gasteiger charge is 2.31. The van der Waals surface area contributed by atoms with E-state index in [0.29, 0.717) is 18.5 Å². The number of hydrogen-bond donors (Lipinski definition) is 1. The first-order chi connectivity index (χ1) is 17.2. The van der Waals surface area contributed by atoms with Crippen LogP contribution in [0.3, 0.4) is 0 Å². The molecule has 2 amide bonds. The largest absolute Gasteiger partial charge is 0.354 e. The van der Waals surface area contributed by atoms with Crippen molar-refractivity contribution in [2.75, 3.05) is 6.54 Å². The molecule has 0 radical (unpaired) electrons. The number of para-hydroxylation sites is 1. The molecule has 0 aliphatic rings. The van der Waals surface area contributed by atoms with Crippen molar-refractivity contribution in [1.29, 1.82) is 0 Å². The Labute approximate surface area is 212 Å². The van der Waals surface area contributed by atoms with Gasteiger partial charge >= 0.3 is 0 Å². The van der Waals surface area contributed by atoms with E-state index in [2.05, 4.69) is 5.32 Å². The van der Waals surface area contributed by atoms with Crippen molar-refractivity contribution in [2.24, 2.45) is 5.92 Å². The summed E-state index contributed by atoms with van der Waals surface area (Å²) >= 11 is 0. The van der Waals surface area contributed by atoms with Gasteiger partial charge in [-0.15, -0.1) is 0 Å². The van der Waals surface area contributed by atoms with Gasteiger partial charge in [-0.1, -0.05) is 92.2 Å². The molecule has 1 atom stereocenters. The van der Waals surface area contributed by atoms with E-state index in [1.54, 1.807) is 23.1 Å². The van der Waals surface area contributed by atoms with E-state index in [0.717, 1.165) is 16.7 Å². The molecule has 0 saturated carbocycles. The van der Waals surface area contributed by atoms with Gasteiger partial charge < -0.3 is 10.2 Å². The molecule has 0 saturated heterocycles. The lowest BCUT2D eigenvalue weighted by molar-refractivity contribution is -0.385. The molecule has 0 aliphatic heterocycles. The van der Waals surface area contributed by atoms with E-state index >= 15 is 0 Å². The van der Waals surface area contributed by atoms with Crippen LogP contribution in [-0.4, -0.2) is 34.2 Å². The summed E-state index contributed by atoms with van der Waals surface area (Å²) < 4.78 is 0. The zero-order valence-corrected chi connectivity index (χ0v) is 21.0. The third-order valence-corrected chi connectivity index (χ3v) is 5.92. The molecule has 7 heteroatoms. The minimum Gasteiger partial charge on any atom is -0.354 e. The second-order valence-electron chi connectivity index (χ2n) is 9.42. The maximum Gasteiger partial charge on any atom is 0.273 e. The van der Waals surface area contributed by atoms with Gasteiger partial charge in [-0.3, -0.25) is 19.7 Å². The Morgan fingerprint density at radius 3 is 2.28 bits per heavy atom. The first-order valence-electron chi connectivity index (χ1n) is 12.1. The maximum atomic E-state index is 13.8. The molecule has 0 aromatic heterocycles. The number of amides is 2. The summed E-state index contributed by atoms with van der Waals surface area (Å²) in [4.78, 5) is 39.9. The molecule has 0 heterocycles. The van der Waals surface area contributed by atoms with Gasteiger partial charge in [-0.25, -0.2) is 0 Å². The number of carbonyl (C=O) groups excluding carboxylic acids is 2. The number of carbonyl (C=O) groups is 2. The molecule has 0 aliphatic carbocycles. The molecule has 188 valence electrons.